The van der Waals surface area contributed by atoms with Crippen LogP contribution in [0.15, 0.2) is 23.0 Å². The number of halogens is 1. The van der Waals surface area contributed by atoms with Gasteiger partial charge in [0, 0.05) is 12.1 Å². The first-order valence-corrected chi connectivity index (χ1v) is 3.82. The zero-order chi connectivity index (χ0) is 7.68. The zero-order valence-corrected chi connectivity index (χ0v) is 6.16. The van der Waals surface area contributed by atoms with E-state index in [4.69, 9.17) is 4.42 Å². The lowest BCUT2D eigenvalue weighted by molar-refractivity contribution is 0.0100. The van der Waals surface area contributed by atoms with E-state index in [-0.39, 0.29) is 6.04 Å². The van der Waals surface area contributed by atoms with E-state index in [1.165, 1.54) is 0 Å². The molecule has 0 amide bonds. The second kappa shape index (κ2) is 2.66. The predicted octanol–water partition coefficient (Wildman–Crippen LogP) is 2.30. The summed E-state index contributed by atoms with van der Waals surface area (Å²) in [5.74, 6) is 0. The average molecular weight is 155 g/mol. The van der Waals surface area contributed by atoms with Gasteiger partial charge in [-0.1, -0.05) is 0 Å². The molecule has 0 aliphatic carbocycles. The normalized spacial score (nSPS) is 26.1. The highest BCUT2D eigenvalue weighted by Gasteiger charge is 2.26. The van der Waals surface area contributed by atoms with E-state index in [2.05, 4.69) is 0 Å². The van der Waals surface area contributed by atoms with Crippen molar-refractivity contribution in [3.05, 3.63) is 24.2 Å². The van der Waals surface area contributed by atoms with E-state index in [1.54, 1.807) is 12.5 Å². The van der Waals surface area contributed by atoms with Crippen molar-refractivity contribution in [1.29, 1.82) is 0 Å². The highest BCUT2D eigenvalue weighted by Crippen LogP contribution is 2.31. The summed E-state index contributed by atoms with van der Waals surface area (Å²) in [6.07, 6.45) is 5.03. The smallest absolute Gasteiger partial charge is 0.0951 e. The summed E-state index contributed by atoms with van der Waals surface area (Å²) in [7, 11) is 0. The Hall–Kier alpha value is -0.830. The van der Waals surface area contributed by atoms with Gasteiger partial charge in [-0.25, -0.2) is 0 Å². The molecule has 1 aliphatic rings. The number of nitrogens with zero attached hydrogens (tertiary/aromatic N) is 1. The van der Waals surface area contributed by atoms with Gasteiger partial charge in [0.1, 0.15) is 0 Å². The molecular formula is C8H10FNO. The molecular weight excluding hydrogens is 145 g/mol. The molecule has 60 valence electrons. The Morgan fingerprint density at radius 1 is 1.64 bits per heavy atom. The maximum atomic E-state index is 12.9. The van der Waals surface area contributed by atoms with Crippen molar-refractivity contribution in [3.8, 4) is 0 Å². The Balaban J connectivity index is 2.16. The molecule has 0 saturated carbocycles. The summed E-state index contributed by atoms with van der Waals surface area (Å²) in [6, 6.07) is 1.76. The SMILES string of the molecule is FN1CCCC1c1ccoc1. The Labute approximate surface area is 64.5 Å². The second-order valence-corrected chi connectivity index (χ2v) is 2.84. The Kier molecular flexibility index (Phi) is 1.66. The summed E-state index contributed by atoms with van der Waals surface area (Å²) in [6.45, 7) is 0.551. The maximum Gasteiger partial charge on any atom is 0.0951 e. The fraction of sp³-hybridized carbons (Fsp3) is 0.500. The molecule has 0 N–H and O–H groups in total. The third-order valence-electron chi connectivity index (χ3n) is 2.12. The van der Waals surface area contributed by atoms with Crippen LogP contribution in [0.25, 0.3) is 0 Å². The van der Waals surface area contributed by atoms with Crippen molar-refractivity contribution < 1.29 is 8.90 Å². The van der Waals surface area contributed by atoms with Crippen molar-refractivity contribution in [2.24, 2.45) is 0 Å². The number of hydrogen-bond acceptors (Lipinski definition) is 2. The topological polar surface area (TPSA) is 16.4 Å². The van der Waals surface area contributed by atoms with E-state index in [0.29, 0.717) is 6.54 Å². The van der Waals surface area contributed by atoms with Crippen LogP contribution in [0.5, 0.6) is 0 Å². The van der Waals surface area contributed by atoms with E-state index in [1.807, 2.05) is 6.07 Å². The Morgan fingerprint density at radius 2 is 2.55 bits per heavy atom. The molecule has 1 fully saturated rings. The number of furan rings is 1. The van der Waals surface area contributed by atoms with Crippen molar-refractivity contribution in [1.82, 2.24) is 5.12 Å². The zero-order valence-electron chi connectivity index (χ0n) is 6.16. The van der Waals surface area contributed by atoms with Gasteiger partial charge in [-0.15, -0.1) is 9.60 Å². The van der Waals surface area contributed by atoms with Gasteiger partial charge >= 0.3 is 0 Å². The molecule has 0 bridgehead atoms. The minimum Gasteiger partial charge on any atom is -0.472 e. The van der Waals surface area contributed by atoms with Gasteiger partial charge < -0.3 is 4.42 Å². The first kappa shape index (κ1) is 6.85. The summed E-state index contributed by atoms with van der Waals surface area (Å²) in [4.78, 5) is 0. The van der Waals surface area contributed by atoms with E-state index >= 15 is 0 Å². The van der Waals surface area contributed by atoms with Crippen LogP contribution < -0.4 is 0 Å². The molecule has 0 radical (unpaired) electrons. The standard InChI is InChI=1S/C8H10FNO/c9-10-4-1-2-8(10)7-3-5-11-6-7/h3,5-6,8H,1-2,4H2. The van der Waals surface area contributed by atoms with Gasteiger partial charge in [-0.3, -0.25) is 0 Å². The summed E-state index contributed by atoms with van der Waals surface area (Å²) in [5, 5.41) is 0.880. The predicted molar refractivity (Wildman–Crippen MR) is 38.5 cm³/mol. The summed E-state index contributed by atoms with van der Waals surface area (Å²) in [5.41, 5.74) is 0.949. The minimum absolute atomic E-state index is 0.0613. The maximum absolute atomic E-state index is 12.9. The molecule has 2 heterocycles. The van der Waals surface area contributed by atoms with Gasteiger partial charge in [0.05, 0.1) is 18.6 Å². The van der Waals surface area contributed by atoms with Gasteiger partial charge in [0.2, 0.25) is 0 Å². The van der Waals surface area contributed by atoms with Crippen molar-refractivity contribution in [3.63, 3.8) is 0 Å². The second-order valence-electron chi connectivity index (χ2n) is 2.84. The Morgan fingerprint density at radius 3 is 3.09 bits per heavy atom. The molecule has 2 nitrogen and oxygen atoms in total. The number of rotatable bonds is 1. The molecule has 0 spiro atoms. The molecule has 1 atom stereocenters. The van der Waals surface area contributed by atoms with Crippen molar-refractivity contribution >= 4 is 0 Å². The van der Waals surface area contributed by atoms with Gasteiger partial charge in [-0.2, -0.15) is 0 Å². The van der Waals surface area contributed by atoms with Crippen molar-refractivity contribution in [2.75, 3.05) is 6.54 Å². The molecule has 1 unspecified atom stereocenters. The lowest BCUT2D eigenvalue weighted by Gasteiger charge is -2.11. The summed E-state index contributed by atoms with van der Waals surface area (Å²) >= 11 is 0. The molecule has 1 aliphatic heterocycles. The molecule has 1 aromatic rings. The third-order valence-corrected chi connectivity index (χ3v) is 2.12. The fourth-order valence-corrected chi connectivity index (χ4v) is 1.52. The van der Waals surface area contributed by atoms with Crippen LogP contribution in [-0.4, -0.2) is 11.7 Å². The quantitative estimate of drug-likeness (QED) is 0.578. The molecule has 1 aromatic heterocycles. The van der Waals surface area contributed by atoms with Gasteiger partial charge in [0.15, 0.2) is 0 Å². The van der Waals surface area contributed by atoms with Crippen LogP contribution in [-0.2, 0) is 0 Å². The fourth-order valence-electron chi connectivity index (χ4n) is 1.52. The highest BCUT2D eigenvalue weighted by atomic mass is 19.2. The first-order valence-electron chi connectivity index (χ1n) is 3.82. The molecule has 11 heavy (non-hydrogen) atoms. The molecule has 3 heteroatoms. The monoisotopic (exact) mass is 155 g/mol. The molecule has 0 aromatic carbocycles. The van der Waals surface area contributed by atoms with Crippen LogP contribution >= 0.6 is 0 Å². The average Bonchev–Trinajstić information content (AvgIpc) is 2.55. The van der Waals surface area contributed by atoms with Crippen LogP contribution in [0.2, 0.25) is 0 Å². The van der Waals surface area contributed by atoms with E-state index in [9.17, 15) is 4.48 Å². The third kappa shape index (κ3) is 1.16. The van der Waals surface area contributed by atoms with Gasteiger partial charge in [0.25, 0.3) is 0 Å². The van der Waals surface area contributed by atoms with E-state index < -0.39 is 0 Å². The van der Waals surface area contributed by atoms with Crippen molar-refractivity contribution in [2.45, 2.75) is 18.9 Å². The lowest BCUT2D eigenvalue weighted by atomic mass is 10.1. The van der Waals surface area contributed by atoms with Crippen LogP contribution in [0.1, 0.15) is 24.4 Å². The minimum atomic E-state index is -0.0613. The Bertz CT molecular complexity index is 222. The van der Waals surface area contributed by atoms with Crippen LogP contribution in [0, 0.1) is 0 Å². The van der Waals surface area contributed by atoms with E-state index in [0.717, 1.165) is 23.5 Å². The molecule has 2 rings (SSSR count). The van der Waals surface area contributed by atoms with Crippen LogP contribution in [0.3, 0.4) is 0 Å². The molecule has 1 saturated heterocycles. The largest absolute Gasteiger partial charge is 0.472 e. The number of hydrogen-bond donors (Lipinski definition) is 0. The van der Waals surface area contributed by atoms with Gasteiger partial charge in [-0.05, 0) is 18.9 Å². The summed E-state index contributed by atoms with van der Waals surface area (Å²) < 4.78 is 17.8. The highest BCUT2D eigenvalue weighted by molar-refractivity contribution is 5.12. The van der Waals surface area contributed by atoms with Crippen LogP contribution in [0.4, 0.5) is 4.48 Å². The lowest BCUT2D eigenvalue weighted by Crippen LogP contribution is -2.11. The first-order chi connectivity index (χ1) is 5.38.